The topological polar surface area (TPSA) is 29.5 Å². The maximum absolute atomic E-state index is 12.9. The standard InChI is InChI=1S/C16H14BrFO2/c17-11-3-6-16-14(8-11)15(19)9-13(20-16)7-10-1-4-12(18)5-2-10/h1-6,8,13,15,19H,7,9H2/t13-,15+/m1/s1. The van der Waals surface area contributed by atoms with Crippen LogP contribution in [-0.4, -0.2) is 11.2 Å². The first-order chi connectivity index (χ1) is 9.61. The van der Waals surface area contributed by atoms with E-state index in [4.69, 9.17) is 4.74 Å². The molecule has 0 bridgehead atoms. The molecule has 0 aromatic heterocycles. The maximum Gasteiger partial charge on any atom is 0.125 e. The van der Waals surface area contributed by atoms with Gasteiger partial charge in [-0.05, 0) is 35.9 Å². The van der Waals surface area contributed by atoms with Crippen molar-refractivity contribution >= 4 is 15.9 Å². The largest absolute Gasteiger partial charge is 0.490 e. The fraction of sp³-hybridized carbons (Fsp3) is 0.250. The molecule has 0 spiro atoms. The van der Waals surface area contributed by atoms with Gasteiger partial charge in [-0.2, -0.15) is 0 Å². The molecule has 0 radical (unpaired) electrons. The van der Waals surface area contributed by atoms with Gasteiger partial charge in [0.1, 0.15) is 17.7 Å². The van der Waals surface area contributed by atoms with E-state index in [0.717, 1.165) is 21.3 Å². The van der Waals surface area contributed by atoms with Crippen LogP contribution in [0.5, 0.6) is 5.75 Å². The zero-order valence-corrected chi connectivity index (χ0v) is 12.3. The van der Waals surface area contributed by atoms with Crippen LogP contribution in [0.25, 0.3) is 0 Å². The zero-order valence-electron chi connectivity index (χ0n) is 10.7. The molecule has 20 heavy (non-hydrogen) atoms. The Labute approximate surface area is 125 Å². The fourth-order valence-electron chi connectivity index (χ4n) is 2.50. The quantitative estimate of drug-likeness (QED) is 0.897. The van der Waals surface area contributed by atoms with E-state index < -0.39 is 6.10 Å². The first-order valence-corrected chi connectivity index (χ1v) is 7.30. The summed E-state index contributed by atoms with van der Waals surface area (Å²) in [5.41, 5.74) is 1.82. The van der Waals surface area contributed by atoms with E-state index in [1.54, 1.807) is 12.1 Å². The summed E-state index contributed by atoms with van der Waals surface area (Å²) in [7, 11) is 0. The maximum atomic E-state index is 12.9. The lowest BCUT2D eigenvalue weighted by Crippen LogP contribution is -2.27. The summed E-state index contributed by atoms with van der Waals surface area (Å²) in [6, 6.07) is 12.0. The van der Waals surface area contributed by atoms with Crippen molar-refractivity contribution in [2.45, 2.75) is 25.0 Å². The normalized spacial score (nSPS) is 21.1. The molecule has 0 fully saturated rings. The van der Waals surface area contributed by atoms with E-state index in [1.807, 2.05) is 18.2 Å². The Hall–Kier alpha value is -1.39. The first-order valence-electron chi connectivity index (χ1n) is 6.50. The second-order valence-corrected chi connectivity index (χ2v) is 5.92. The SMILES string of the molecule is O[C@H]1C[C@@H](Cc2ccc(F)cc2)Oc2ccc(Br)cc21. The predicted molar refractivity (Wildman–Crippen MR) is 78.2 cm³/mol. The second-order valence-electron chi connectivity index (χ2n) is 5.00. The number of ether oxygens (including phenoxy) is 1. The van der Waals surface area contributed by atoms with Gasteiger partial charge in [-0.3, -0.25) is 0 Å². The Morgan fingerprint density at radius 2 is 1.95 bits per heavy atom. The molecule has 0 saturated heterocycles. The Kier molecular flexibility index (Phi) is 3.76. The average molecular weight is 337 g/mol. The van der Waals surface area contributed by atoms with Crippen LogP contribution in [0.4, 0.5) is 4.39 Å². The molecule has 4 heteroatoms. The summed E-state index contributed by atoms with van der Waals surface area (Å²) in [6.07, 6.45) is 0.582. The number of benzene rings is 2. The van der Waals surface area contributed by atoms with Crippen LogP contribution in [0.2, 0.25) is 0 Å². The van der Waals surface area contributed by atoms with Gasteiger partial charge in [0.05, 0.1) is 6.10 Å². The minimum Gasteiger partial charge on any atom is -0.490 e. The third-order valence-corrected chi connectivity index (χ3v) is 3.98. The lowest BCUT2D eigenvalue weighted by Gasteiger charge is -2.30. The molecule has 104 valence electrons. The molecular weight excluding hydrogens is 323 g/mol. The number of rotatable bonds is 2. The third kappa shape index (κ3) is 2.86. The number of hydrogen-bond acceptors (Lipinski definition) is 2. The molecule has 3 rings (SSSR count). The highest BCUT2D eigenvalue weighted by Crippen LogP contribution is 2.37. The van der Waals surface area contributed by atoms with Crippen molar-refractivity contribution in [3.8, 4) is 5.75 Å². The molecule has 2 aromatic rings. The van der Waals surface area contributed by atoms with Crippen LogP contribution in [-0.2, 0) is 6.42 Å². The molecule has 0 saturated carbocycles. The lowest BCUT2D eigenvalue weighted by molar-refractivity contribution is 0.0662. The molecule has 0 aliphatic carbocycles. The summed E-state index contributed by atoms with van der Waals surface area (Å²) in [5.74, 6) is 0.479. The van der Waals surface area contributed by atoms with Gasteiger partial charge in [-0.1, -0.05) is 28.1 Å². The zero-order chi connectivity index (χ0) is 14.1. The van der Waals surface area contributed by atoms with E-state index in [1.165, 1.54) is 12.1 Å². The number of aliphatic hydroxyl groups excluding tert-OH is 1. The predicted octanol–water partition coefficient (Wildman–Crippen LogP) is 4.02. The molecule has 1 aliphatic heterocycles. The van der Waals surface area contributed by atoms with Gasteiger partial charge in [-0.25, -0.2) is 4.39 Å². The summed E-state index contributed by atoms with van der Waals surface area (Å²) >= 11 is 3.39. The van der Waals surface area contributed by atoms with Crippen LogP contribution in [0.1, 0.15) is 23.7 Å². The van der Waals surface area contributed by atoms with Gasteiger partial charge in [0.2, 0.25) is 0 Å². The van der Waals surface area contributed by atoms with Crippen LogP contribution >= 0.6 is 15.9 Å². The van der Waals surface area contributed by atoms with Crippen molar-refractivity contribution in [1.29, 1.82) is 0 Å². The molecule has 2 atom stereocenters. The highest BCUT2D eigenvalue weighted by molar-refractivity contribution is 9.10. The van der Waals surface area contributed by atoms with E-state index in [-0.39, 0.29) is 11.9 Å². The molecular formula is C16H14BrFO2. The number of hydrogen-bond donors (Lipinski definition) is 1. The smallest absolute Gasteiger partial charge is 0.125 e. The Balaban J connectivity index is 1.77. The Morgan fingerprint density at radius 1 is 1.20 bits per heavy atom. The third-order valence-electron chi connectivity index (χ3n) is 3.49. The first kappa shape index (κ1) is 13.6. The Bertz CT molecular complexity index is 612. The van der Waals surface area contributed by atoms with E-state index in [2.05, 4.69) is 15.9 Å². The van der Waals surface area contributed by atoms with Crippen LogP contribution in [0.15, 0.2) is 46.9 Å². The molecule has 0 amide bonds. The van der Waals surface area contributed by atoms with Crippen molar-refractivity contribution in [3.63, 3.8) is 0 Å². The van der Waals surface area contributed by atoms with Crippen LogP contribution in [0.3, 0.4) is 0 Å². The minimum absolute atomic E-state index is 0.0934. The van der Waals surface area contributed by atoms with Gasteiger partial charge in [0.15, 0.2) is 0 Å². The number of aliphatic hydroxyl groups is 1. The van der Waals surface area contributed by atoms with E-state index in [9.17, 15) is 9.50 Å². The van der Waals surface area contributed by atoms with Gasteiger partial charge < -0.3 is 9.84 Å². The second kappa shape index (κ2) is 5.54. The van der Waals surface area contributed by atoms with Crippen LogP contribution in [0, 0.1) is 5.82 Å². The lowest BCUT2D eigenvalue weighted by atomic mass is 9.95. The van der Waals surface area contributed by atoms with Crippen molar-refractivity contribution < 1.29 is 14.2 Å². The molecule has 1 N–H and O–H groups in total. The fourth-order valence-corrected chi connectivity index (χ4v) is 2.88. The summed E-state index contributed by atoms with van der Waals surface area (Å²) in [6.45, 7) is 0. The van der Waals surface area contributed by atoms with Gasteiger partial charge in [0.25, 0.3) is 0 Å². The highest BCUT2D eigenvalue weighted by atomic mass is 79.9. The summed E-state index contributed by atoms with van der Waals surface area (Å²) in [5, 5.41) is 10.2. The molecule has 2 nitrogen and oxygen atoms in total. The van der Waals surface area contributed by atoms with Crippen molar-refractivity contribution in [1.82, 2.24) is 0 Å². The van der Waals surface area contributed by atoms with E-state index >= 15 is 0 Å². The van der Waals surface area contributed by atoms with Crippen molar-refractivity contribution in [2.75, 3.05) is 0 Å². The number of halogens is 2. The van der Waals surface area contributed by atoms with Crippen molar-refractivity contribution in [2.24, 2.45) is 0 Å². The molecule has 0 unspecified atom stereocenters. The van der Waals surface area contributed by atoms with Crippen LogP contribution < -0.4 is 4.74 Å². The van der Waals surface area contributed by atoms with Gasteiger partial charge in [-0.15, -0.1) is 0 Å². The van der Waals surface area contributed by atoms with Gasteiger partial charge >= 0.3 is 0 Å². The average Bonchev–Trinajstić information content (AvgIpc) is 2.42. The monoisotopic (exact) mass is 336 g/mol. The summed E-state index contributed by atoms with van der Waals surface area (Å²) < 4.78 is 19.7. The number of fused-ring (bicyclic) bond motifs is 1. The van der Waals surface area contributed by atoms with Gasteiger partial charge in [0, 0.05) is 22.9 Å². The molecule has 1 heterocycles. The Morgan fingerprint density at radius 3 is 2.70 bits per heavy atom. The van der Waals surface area contributed by atoms with Crippen molar-refractivity contribution in [3.05, 3.63) is 63.9 Å². The molecule has 2 aromatic carbocycles. The summed E-state index contributed by atoms with van der Waals surface area (Å²) in [4.78, 5) is 0. The molecule has 1 aliphatic rings. The van der Waals surface area contributed by atoms with E-state index in [0.29, 0.717) is 12.8 Å². The minimum atomic E-state index is -0.526. The highest BCUT2D eigenvalue weighted by Gasteiger charge is 2.27.